The van der Waals surface area contributed by atoms with Crippen molar-refractivity contribution in [2.45, 2.75) is 6.42 Å². The molecule has 2 rings (SSSR count). The van der Waals surface area contributed by atoms with Gasteiger partial charge in [0.1, 0.15) is 5.78 Å². The molecular formula is C9H9BrO2S. The number of carbonyl (C=O) groups is 1. The van der Waals surface area contributed by atoms with E-state index in [0.717, 1.165) is 17.1 Å². The van der Waals surface area contributed by atoms with Crippen molar-refractivity contribution in [1.82, 2.24) is 0 Å². The number of rotatable bonds is 3. The Balaban J connectivity index is 1.93. The molecule has 1 aliphatic heterocycles. The molecule has 0 spiro atoms. The molecule has 0 aliphatic carbocycles. The molecule has 1 aromatic heterocycles. The van der Waals surface area contributed by atoms with Crippen LogP contribution >= 0.6 is 27.7 Å². The molecule has 0 atom stereocenters. The minimum Gasteiger partial charge on any atom is -0.457 e. The van der Waals surface area contributed by atoms with Crippen LogP contribution < -0.4 is 0 Å². The largest absolute Gasteiger partial charge is 0.457 e. The van der Waals surface area contributed by atoms with Gasteiger partial charge in [0, 0.05) is 23.8 Å². The maximum atomic E-state index is 11.5. The Labute approximate surface area is 89.2 Å². The van der Waals surface area contributed by atoms with Gasteiger partial charge in [-0.3, -0.25) is 4.79 Å². The molecule has 70 valence electrons. The van der Waals surface area contributed by atoms with E-state index < -0.39 is 0 Å². The highest BCUT2D eigenvalue weighted by Gasteiger charge is 2.25. The molecule has 0 unspecified atom stereocenters. The smallest absolute Gasteiger partial charge is 0.169 e. The standard InChI is InChI=1S/C9H9BrO2S/c10-9-2-6(3-12-9)1-8(11)7-4-13-5-7/h2-3,7H,1,4-5H2. The summed E-state index contributed by atoms with van der Waals surface area (Å²) in [5.74, 6) is 2.63. The minimum atomic E-state index is 0.290. The molecule has 1 aromatic rings. The molecule has 0 N–H and O–H groups in total. The van der Waals surface area contributed by atoms with E-state index in [2.05, 4.69) is 15.9 Å². The van der Waals surface area contributed by atoms with Gasteiger partial charge in [0.15, 0.2) is 4.67 Å². The zero-order valence-electron chi connectivity index (χ0n) is 6.96. The van der Waals surface area contributed by atoms with Crippen molar-refractivity contribution in [2.24, 2.45) is 5.92 Å². The Morgan fingerprint density at radius 3 is 2.92 bits per heavy atom. The van der Waals surface area contributed by atoms with Crippen molar-refractivity contribution in [1.29, 1.82) is 0 Å². The third kappa shape index (κ3) is 2.17. The lowest BCUT2D eigenvalue weighted by Crippen LogP contribution is -2.28. The van der Waals surface area contributed by atoms with Crippen molar-refractivity contribution in [3.8, 4) is 0 Å². The van der Waals surface area contributed by atoms with E-state index in [1.54, 1.807) is 6.26 Å². The van der Waals surface area contributed by atoms with Crippen molar-refractivity contribution >= 4 is 33.5 Å². The molecule has 2 nitrogen and oxygen atoms in total. The minimum absolute atomic E-state index is 0.290. The summed E-state index contributed by atoms with van der Waals surface area (Å²) in [7, 11) is 0. The fourth-order valence-electron chi connectivity index (χ4n) is 1.21. The lowest BCUT2D eigenvalue weighted by atomic mass is 10.0. The molecule has 0 bridgehead atoms. The summed E-state index contributed by atoms with van der Waals surface area (Å²) in [5.41, 5.74) is 0.966. The van der Waals surface area contributed by atoms with Gasteiger partial charge in [-0.1, -0.05) is 0 Å². The van der Waals surface area contributed by atoms with Crippen LogP contribution in [0.1, 0.15) is 5.56 Å². The van der Waals surface area contributed by atoms with Crippen molar-refractivity contribution in [2.75, 3.05) is 11.5 Å². The number of hydrogen-bond acceptors (Lipinski definition) is 3. The second-order valence-corrected chi connectivity index (χ2v) is 4.99. The average molecular weight is 261 g/mol. The fourth-order valence-corrected chi connectivity index (χ4v) is 2.44. The quantitative estimate of drug-likeness (QED) is 0.837. The van der Waals surface area contributed by atoms with Crippen LogP contribution in [0.25, 0.3) is 0 Å². The predicted octanol–water partition coefficient (Wildman–Crippen LogP) is 2.52. The van der Waals surface area contributed by atoms with E-state index in [9.17, 15) is 4.79 Å². The van der Waals surface area contributed by atoms with Gasteiger partial charge in [0.25, 0.3) is 0 Å². The Morgan fingerprint density at radius 1 is 1.69 bits per heavy atom. The molecule has 1 aliphatic rings. The number of ketones is 1. The number of halogens is 1. The van der Waals surface area contributed by atoms with Crippen LogP contribution in [0.5, 0.6) is 0 Å². The molecule has 0 radical (unpaired) electrons. The zero-order valence-corrected chi connectivity index (χ0v) is 9.36. The van der Waals surface area contributed by atoms with Gasteiger partial charge in [-0.05, 0) is 27.6 Å². The number of thioether (sulfide) groups is 1. The maximum absolute atomic E-state index is 11.5. The average Bonchev–Trinajstić information content (AvgIpc) is 2.31. The highest BCUT2D eigenvalue weighted by molar-refractivity contribution is 9.10. The lowest BCUT2D eigenvalue weighted by molar-refractivity contribution is -0.121. The molecule has 4 heteroatoms. The monoisotopic (exact) mass is 260 g/mol. The Morgan fingerprint density at radius 2 is 2.46 bits per heavy atom. The zero-order chi connectivity index (χ0) is 9.26. The third-order valence-corrected chi connectivity index (χ3v) is 3.79. The van der Waals surface area contributed by atoms with Crippen LogP contribution in [0.4, 0.5) is 0 Å². The number of furan rings is 1. The first-order valence-corrected chi connectivity index (χ1v) is 6.04. The SMILES string of the molecule is O=C(Cc1coc(Br)c1)C1CSC1. The first-order valence-electron chi connectivity index (χ1n) is 4.09. The maximum Gasteiger partial charge on any atom is 0.169 e. The van der Waals surface area contributed by atoms with Crippen LogP contribution in [0.3, 0.4) is 0 Å². The lowest BCUT2D eigenvalue weighted by Gasteiger charge is -2.22. The van der Waals surface area contributed by atoms with Crippen LogP contribution in [-0.4, -0.2) is 17.3 Å². The summed E-state index contributed by atoms with van der Waals surface area (Å²) in [5, 5.41) is 0. The van der Waals surface area contributed by atoms with E-state index in [4.69, 9.17) is 4.42 Å². The van der Waals surface area contributed by atoms with Crippen molar-refractivity contribution in [3.63, 3.8) is 0 Å². The molecular weight excluding hydrogens is 252 g/mol. The van der Waals surface area contributed by atoms with Crippen molar-refractivity contribution in [3.05, 3.63) is 22.6 Å². The number of hydrogen-bond donors (Lipinski definition) is 0. The Bertz CT molecular complexity index is 317. The van der Waals surface area contributed by atoms with Gasteiger partial charge in [-0.2, -0.15) is 11.8 Å². The van der Waals surface area contributed by atoms with E-state index in [0.29, 0.717) is 22.8 Å². The van der Waals surface area contributed by atoms with Gasteiger partial charge in [-0.25, -0.2) is 0 Å². The summed E-state index contributed by atoms with van der Waals surface area (Å²) < 4.78 is 5.75. The van der Waals surface area contributed by atoms with Crippen LogP contribution in [0, 0.1) is 5.92 Å². The molecule has 1 fully saturated rings. The number of carbonyl (C=O) groups excluding carboxylic acids is 1. The fraction of sp³-hybridized carbons (Fsp3) is 0.444. The highest BCUT2D eigenvalue weighted by Crippen LogP contribution is 2.26. The van der Waals surface area contributed by atoms with E-state index in [1.807, 2.05) is 17.8 Å². The van der Waals surface area contributed by atoms with E-state index in [-0.39, 0.29) is 0 Å². The Kier molecular flexibility index (Phi) is 2.79. The summed E-state index contributed by atoms with van der Waals surface area (Å²) in [6, 6.07) is 1.85. The first kappa shape index (κ1) is 9.34. The van der Waals surface area contributed by atoms with Gasteiger partial charge >= 0.3 is 0 Å². The van der Waals surface area contributed by atoms with Gasteiger partial charge in [-0.15, -0.1) is 0 Å². The second-order valence-electron chi connectivity index (χ2n) is 3.14. The molecule has 0 aromatic carbocycles. The molecule has 1 saturated heterocycles. The predicted molar refractivity (Wildman–Crippen MR) is 55.9 cm³/mol. The van der Waals surface area contributed by atoms with Gasteiger partial charge < -0.3 is 4.42 Å². The molecule has 2 heterocycles. The van der Waals surface area contributed by atoms with Crippen LogP contribution in [0.15, 0.2) is 21.4 Å². The third-order valence-electron chi connectivity index (χ3n) is 2.09. The van der Waals surface area contributed by atoms with E-state index >= 15 is 0 Å². The van der Waals surface area contributed by atoms with Crippen LogP contribution in [-0.2, 0) is 11.2 Å². The normalized spacial score (nSPS) is 17.0. The molecule has 0 saturated carbocycles. The number of Topliss-reactive ketones (excluding diaryl/α,β-unsaturated/α-hetero) is 1. The van der Waals surface area contributed by atoms with Crippen molar-refractivity contribution < 1.29 is 9.21 Å². The molecule has 13 heavy (non-hydrogen) atoms. The van der Waals surface area contributed by atoms with Crippen LogP contribution in [0.2, 0.25) is 0 Å². The van der Waals surface area contributed by atoms with Gasteiger partial charge in [0.2, 0.25) is 0 Å². The summed E-state index contributed by atoms with van der Waals surface area (Å²) in [6.45, 7) is 0. The summed E-state index contributed by atoms with van der Waals surface area (Å²) >= 11 is 5.04. The van der Waals surface area contributed by atoms with E-state index in [1.165, 1.54) is 0 Å². The molecule has 0 amide bonds. The Hall–Kier alpha value is -0.220. The summed E-state index contributed by atoms with van der Waals surface area (Å²) in [6.07, 6.45) is 2.15. The topological polar surface area (TPSA) is 30.2 Å². The first-order chi connectivity index (χ1) is 6.25. The van der Waals surface area contributed by atoms with Gasteiger partial charge in [0.05, 0.1) is 6.26 Å². The highest BCUT2D eigenvalue weighted by atomic mass is 79.9. The summed E-state index contributed by atoms with van der Waals surface area (Å²) in [4.78, 5) is 11.5. The second kappa shape index (κ2) is 3.88.